The fourth-order valence-electron chi connectivity index (χ4n) is 2.74. The average Bonchev–Trinajstić information content (AvgIpc) is 3.15. The summed E-state index contributed by atoms with van der Waals surface area (Å²) in [5, 5.41) is 10.2. The SMILES string of the molecule is Cc1cc(OCc2nnc(SCc3cc(=O)[nH]c4ccccc34)o2)ccc1Cl. The molecule has 0 saturated carbocycles. The smallest absolute Gasteiger partial charge is 0.277 e. The molecule has 2 aromatic heterocycles. The van der Waals surface area contributed by atoms with Crippen molar-refractivity contribution < 1.29 is 9.15 Å². The van der Waals surface area contributed by atoms with Crippen LogP contribution in [0.3, 0.4) is 0 Å². The third kappa shape index (κ3) is 4.21. The molecule has 0 bridgehead atoms. The van der Waals surface area contributed by atoms with Crippen molar-refractivity contribution in [3.8, 4) is 5.75 Å². The molecule has 0 spiro atoms. The Labute approximate surface area is 169 Å². The number of pyridine rings is 1. The molecule has 6 nitrogen and oxygen atoms in total. The first-order chi connectivity index (χ1) is 13.6. The molecule has 1 N–H and O–H groups in total. The van der Waals surface area contributed by atoms with Crippen LogP contribution in [0.1, 0.15) is 17.0 Å². The van der Waals surface area contributed by atoms with Crippen LogP contribution < -0.4 is 10.3 Å². The minimum absolute atomic E-state index is 0.132. The van der Waals surface area contributed by atoms with E-state index in [-0.39, 0.29) is 12.2 Å². The quantitative estimate of drug-likeness (QED) is 0.459. The lowest BCUT2D eigenvalue weighted by molar-refractivity contribution is 0.252. The number of hydrogen-bond donors (Lipinski definition) is 1. The van der Waals surface area contributed by atoms with E-state index in [1.54, 1.807) is 18.2 Å². The summed E-state index contributed by atoms with van der Waals surface area (Å²) >= 11 is 7.39. The Morgan fingerprint density at radius 2 is 2.04 bits per heavy atom. The highest BCUT2D eigenvalue weighted by molar-refractivity contribution is 7.98. The maximum Gasteiger partial charge on any atom is 0.277 e. The fourth-order valence-corrected chi connectivity index (χ4v) is 3.63. The summed E-state index contributed by atoms with van der Waals surface area (Å²) in [4.78, 5) is 14.7. The normalized spacial score (nSPS) is 11.1. The minimum Gasteiger partial charge on any atom is -0.484 e. The van der Waals surface area contributed by atoms with Crippen LogP contribution in [0.5, 0.6) is 5.75 Å². The molecular weight excluding hydrogens is 398 g/mol. The second-order valence-electron chi connectivity index (χ2n) is 6.15. The summed E-state index contributed by atoms with van der Waals surface area (Å²) in [5.41, 5.74) is 2.53. The zero-order chi connectivity index (χ0) is 19.5. The van der Waals surface area contributed by atoms with Gasteiger partial charge < -0.3 is 14.1 Å². The lowest BCUT2D eigenvalue weighted by Gasteiger charge is -2.05. The number of para-hydroxylation sites is 1. The zero-order valence-corrected chi connectivity index (χ0v) is 16.5. The van der Waals surface area contributed by atoms with E-state index >= 15 is 0 Å². The summed E-state index contributed by atoms with van der Waals surface area (Å²) in [7, 11) is 0. The fraction of sp³-hybridized carbons (Fsp3) is 0.150. The van der Waals surface area contributed by atoms with E-state index < -0.39 is 0 Å². The molecule has 4 rings (SSSR count). The monoisotopic (exact) mass is 413 g/mol. The second-order valence-corrected chi connectivity index (χ2v) is 7.49. The first-order valence-corrected chi connectivity index (χ1v) is 9.90. The number of ether oxygens (including phenoxy) is 1. The molecule has 0 radical (unpaired) electrons. The molecular formula is C20H16ClN3O3S. The topological polar surface area (TPSA) is 81.0 Å². The van der Waals surface area contributed by atoms with Gasteiger partial charge in [-0.05, 0) is 42.3 Å². The predicted molar refractivity (Wildman–Crippen MR) is 109 cm³/mol. The van der Waals surface area contributed by atoms with Gasteiger partial charge in [0.15, 0.2) is 6.61 Å². The van der Waals surface area contributed by atoms with Crippen LogP contribution in [-0.2, 0) is 12.4 Å². The van der Waals surface area contributed by atoms with Gasteiger partial charge in [-0.15, -0.1) is 10.2 Å². The van der Waals surface area contributed by atoms with Crippen LogP contribution in [0.4, 0.5) is 0 Å². The molecule has 0 unspecified atom stereocenters. The van der Waals surface area contributed by atoms with Crippen LogP contribution in [0.15, 0.2) is 63.0 Å². The number of aryl methyl sites for hydroxylation is 1. The van der Waals surface area contributed by atoms with E-state index in [1.165, 1.54) is 11.8 Å². The molecule has 0 aliphatic rings. The Morgan fingerprint density at radius 3 is 2.89 bits per heavy atom. The largest absolute Gasteiger partial charge is 0.484 e. The number of hydrogen-bond acceptors (Lipinski definition) is 6. The predicted octanol–water partition coefficient (Wildman–Crippen LogP) is 4.74. The maximum absolute atomic E-state index is 11.8. The van der Waals surface area contributed by atoms with Gasteiger partial charge in [-0.2, -0.15) is 0 Å². The van der Waals surface area contributed by atoms with E-state index in [0.717, 1.165) is 22.0 Å². The van der Waals surface area contributed by atoms with Gasteiger partial charge in [0.05, 0.1) is 0 Å². The standard InChI is InChI=1S/C20H16ClN3O3S/c1-12-8-14(6-7-16(12)21)26-10-19-23-24-20(27-19)28-11-13-9-18(25)22-17-5-3-2-4-15(13)17/h2-9H,10-11H2,1H3,(H,22,25). The molecule has 0 aliphatic heterocycles. The van der Waals surface area contributed by atoms with Crippen LogP contribution >= 0.6 is 23.4 Å². The van der Waals surface area contributed by atoms with Gasteiger partial charge in [0, 0.05) is 27.7 Å². The van der Waals surface area contributed by atoms with E-state index in [4.69, 9.17) is 20.8 Å². The second kappa shape index (κ2) is 8.08. The van der Waals surface area contributed by atoms with E-state index in [1.807, 2.05) is 37.3 Å². The summed E-state index contributed by atoms with van der Waals surface area (Å²) in [5.74, 6) is 1.61. The van der Waals surface area contributed by atoms with E-state index in [0.29, 0.717) is 27.6 Å². The molecule has 0 fully saturated rings. The summed E-state index contributed by atoms with van der Waals surface area (Å²) in [6, 6.07) is 14.7. The van der Waals surface area contributed by atoms with Crippen molar-refractivity contribution in [2.75, 3.05) is 0 Å². The number of rotatable bonds is 6. The van der Waals surface area contributed by atoms with Crippen molar-refractivity contribution in [2.24, 2.45) is 0 Å². The molecule has 0 amide bonds. The molecule has 2 aromatic carbocycles. The summed E-state index contributed by atoms with van der Waals surface area (Å²) in [6.45, 7) is 2.08. The first kappa shape index (κ1) is 18.6. The van der Waals surface area contributed by atoms with Crippen LogP contribution in [0.2, 0.25) is 5.02 Å². The number of nitrogens with one attached hydrogen (secondary N) is 1. The lowest BCUT2D eigenvalue weighted by atomic mass is 10.1. The number of halogens is 1. The van der Waals surface area contributed by atoms with Crippen LogP contribution in [0, 0.1) is 6.92 Å². The van der Waals surface area contributed by atoms with Crippen molar-refractivity contribution in [3.63, 3.8) is 0 Å². The number of aromatic nitrogens is 3. The van der Waals surface area contributed by atoms with Gasteiger partial charge in [0.25, 0.3) is 11.1 Å². The van der Waals surface area contributed by atoms with Crippen molar-refractivity contribution in [2.45, 2.75) is 24.5 Å². The number of H-pyrrole nitrogens is 1. The van der Waals surface area contributed by atoms with Crippen molar-refractivity contribution >= 4 is 34.3 Å². The van der Waals surface area contributed by atoms with Crippen molar-refractivity contribution in [1.82, 2.24) is 15.2 Å². The van der Waals surface area contributed by atoms with Gasteiger partial charge in [0.1, 0.15) is 5.75 Å². The average molecular weight is 414 g/mol. The van der Waals surface area contributed by atoms with Crippen molar-refractivity contribution in [3.05, 3.63) is 80.9 Å². The van der Waals surface area contributed by atoms with Gasteiger partial charge >= 0.3 is 0 Å². The maximum atomic E-state index is 11.8. The van der Waals surface area contributed by atoms with Gasteiger partial charge in [-0.1, -0.05) is 41.6 Å². The number of aromatic amines is 1. The first-order valence-electron chi connectivity index (χ1n) is 8.53. The third-order valence-corrected chi connectivity index (χ3v) is 5.42. The molecule has 8 heteroatoms. The molecule has 0 aliphatic carbocycles. The zero-order valence-electron chi connectivity index (χ0n) is 14.9. The Kier molecular flexibility index (Phi) is 5.36. The Balaban J connectivity index is 1.41. The Morgan fingerprint density at radius 1 is 1.18 bits per heavy atom. The molecule has 28 heavy (non-hydrogen) atoms. The highest BCUT2D eigenvalue weighted by Crippen LogP contribution is 2.26. The molecule has 0 atom stereocenters. The summed E-state index contributed by atoms with van der Waals surface area (Å²) < 4.78 is 11.3. The Bertz CT molecular complexity index is 1190. The van der Waals surface area contributed by atoms with E-state index in [2.05, 4.69) is 15.2 Å². The van der Waals surface area contributed by atoms with Gasteiger partial charge in [-0.25, -0.2) is 0 Å². The Hall–Kier alpha value is -2.77. The van der Waals surface area contributed by atoms with Crippen LogP contribution in [-0.4, -0.2) is 15.2 Å². The number of benzene rings is 2. The number of thioether (sulfide) groups is 1. The number of nitrogens with zero attached hydrogens (tertiary/aromatic N) is 2. The summed E-state index contributed by atoms with van der Waals surface area (Å²) in [6.07, 6.45) is 0. The van der Waals surface area contributed by atoms with E-state index in [9.17, 15) is 4.79 Å². The number of fused-ring (bicyclic) bond motifs is 1. The highest BCUT2D eigenvalue weighted by Gasteiger charge is 2.10. The van der Waals surface area contributed by atoms with Gasteiger partial charge in [-0.3, -0.25) is 4.79 Å². The molecule has 4 aromatic rings. The minimum atomic E-state index is -0.132. The van der Waals surface area contributed by atoms with Gasteiger partial charge in [0.2, 0.25) is 5.56 Å². The molecule has 142 valence electrons. The third-order valence-electron chi connectivity index (χ3n) is 4.13. The van der Waals surface area contributed by atoms with Crippen LogP contribution in [0.25, 0.3) is 10.9 Å². The highest BCUT2D eigenvalue weighted by atomic mass is 35.5. The molecule has 0 saturated heterocycles. The molecule has 2 heterocycles. The lowest BCUT2D eigenvalue weighted by Crippen LogP contribution is -2.05. The van der Waals surface area contributed by atoms with Crippen molar-refractivity contribution in [1.29, 1.82) is 0 Å².